The van der Waals surface area contributed by atoms with Crippen LogP contribution in [-0.4, -0.2) is 34.7 Å². The number of thioether (sulfide) groups is 1. The summed E-state index contributed by atoms with van der Waals surface area (Å²) in [7, 11) is 1.63. The Morgan fingerprint density at radius 1 is 1.38 bits per heavy atom. The standard InChI is InChI=1S/C16H18N2O3S3/c1-4-21-16(22)23-9-13(19)17-15-18-14(10(2)24-15)11-5-7-12(20-3)8-6-11/h5-8H,4,9H2,1-3H3,(H,17,18,19). The molecule has 1 amide bonds. The second kappa shape index (κ2) is 9.00. The summed E-state index contributed by atoms with van der Waals surface area (Å²) in [5.74, 6) is 0.842. The molecule has 2 rings (SSSR count). The maximum atomic E-state index is 12.0. The Kier molecular flexibility index (Phi) is 7.01. The fourth-order valence-electron chi connectivity index (χ4n) is 1.91. The van der Waals surface area contributed by atoms with Gasteiger partial charge >= 0.3 is 0 Å². The van der Waals surface area contributed by atoms with Crippen LogP contribution in [0.3, 0.4) is 0 Å². The van der Waals surface area contributed by atoms with Crippen LogP contribution in [-0.2, 0) is 9.53 Å². The molecule has 1 N–H and O–H groups in total. The van der Waals surface area contributed by atoms with Crippen LogP contribution in [0.1, 0.15) is 11.8 Å². The van der Waals surface area contributed by atoms with Crippen LogP contribution in [0.15, 0.2) is 24.3 Å². The van der Waals surface area contributed by atoms with Crippen LogP contribution >= 0.6 is 35.3 Å². The average Bonchev–Trinajstić information content (AvgIpc) is 2.93. The molecular formula is C16H18N2O3S3. The molecule has 1 heterocycles. The van der Waals surface area contributed by atoms with Crippen molar-refractivity contribution in [3.8, 4) is 17.0 Å². The average molecular weight is 383 g/mol. The summed E-state index contributed by atoms with van der Waals surface area (Å²) in [6.07, 6.45) is 0. The van der Waals surface area contributed by atoms with Gasteiger partial charge in [0, 0.05) is 10.4 Å². The second-order valence-electron chi connectivity index (χ2n) is 4.67. The van der Waals surface area contributed by atoms with Crippen molar-refractivity contribution in [2.75, 3.05) is 24.8 Å². The van der Waals surface area contributed by atoms with Crippen molar-refractivity contribution in [1.29, 1.82) is 0 Å². The summed E-state index contributed by atoms with van der Waals surface area (Å²) in [4.78, 5) is 17.5. The van der Waals surface area contributed by atoms with E-state index < -0.39 is 0 Å². The minimum absolute atomic E-state index is 0.155. The quantitative estimate of drug-likeness (QED) is 0.759. The second-order valence-corrected chi connectivity index (χ2v) is 7.45. The number of aromatic nitrogens is 1. The lowest BCUT2D eigenvalue weighted by atomic mass is 10.1. The van der Waals surface area contributed by atoms with Crippen molar-refractivity contribution >= 4 is 50.7 Å². The third kappa shape index (κ3) is 5.19. The van der Waals surface area contributed by atoms with Gasteiger partial charge in [0.15, 0.2) is 5.13 Å². The number of hydrogen-bond donors (Lipinski definition) is 1. The number of nitrogens with one attached hydrogen (secondary N) is 1. The van der Waals surface area contributed by atoms with E-state index in [0.29, 0.717) is 16.1 Å². The van der Waals surface area contributed by atoms with E-state index in [1.807, 2.05) is 38.1 Å². The number of benzene rings is 1. The predicted molar refractivity (Wildman–Crippen MR) is 104 cm³/mol. The molecule has 0 aliphatic rings. The van der Waals surface area contributed by atoms with E-state index >= 15 is 0 Å². The number of methoxy groups -OCH3 is 1. The highest BCUT2D eigenvalue weighted by Crippen LogP contribution is 2.31. The summed E-state index contributed by atoms with van der Waals surface area (Å²) in [5, 5.41) is 3.38. The number of nitrogens with zero attached hydrogens (tertiary/aromatic N) is 1. The maximum Gasteiger partial charge on any atom is 0.236 e. The van der Waals surface area contributed by atoms with Crippen molar-refractivity contribution in [3.63, 3.8) is 0 Å². The summed E-state index contributed by atoms with van der Waals surface area (Å²) < 4.78 is 10.7. The Balaban J connectivity index is 2.00. The highest BCUT2D eigenvalue weighted by atomic mass is 32.2. The number of amides is 1. The van der Waals surface area contributed by atoms with Gasteiger partial charge in [0.2, 0.25) is 10.3 Å². The number of hydrogen-bond acceptors (Lipinski definition) is 7. The van der Waals surface area contributed by atoms with Gasteiger partial charge in [-0.15, -0.1) is 11.3 Å². The molecule has 0 spiro atoms. The molecule has 128 valence electrons. The first-order chi connectivity index (χ1) is 11.5. The van der Waals surface area contributed by atoms with Crippen molar-refractivity contribution in [1.82, 2.24) is 4.98 Å². The van der Waals surface area contributed by atoms with Crippen LogP contribution in [0.5, 0.6) is 5.75 Å². The van der Waals surface area contributed by atoms with Crippen molar-refractivity contribution < 1.29 is 14.3 Å². The number of rotatable bonds is 6. The lowest BCUT2D eigenvalue weighted by Crippen LogP contribution is -2.15. The zero-order chi connectivity index (χ0) is 17.5. The van der Waals surface area contributed by atoms with E-state index in [0.717, 1.165) is 21.9 Å². The van der Waals surface area contributed by atoms with E-state index in [9.17, 15) is 4.79 Å². The molecule has 1 aromatic heterocycles. The summed E-state index contributed by atoms with van der Waals surface area (Å²) in [6, 6.07) is 7.67. The third-order valence-electron chi connectivity index (χ3n) is 2.99. The van der Waals surface area contributed by atoms with Crippen molar-refractivity contribution in [2.45, 2.75) is 13.8 Å². The Bertz CT molecular complexity index is 714. The Hall–Kier alpha value is -1.64. The summed E-state index contributed by atoms with van der Waals surface area (Å²) >= 11 is 7.63. The monoisotopic (exact) mass is 382 g/mol. The fraction of sp³-hybridized carbons (Fsp3) is 0.312. The lowest BCUT2D eigenvalue weighted by molar-refractivity contribution is -0.113. The van der Waals surface area contributed by atoms with Crippen LogP contribution in [0.25, 0.3) is 11.3 Å². The molecule has 0 aliphatic heterocycles. The fourth-order valence-corrected chi connectivity index (χ4v) is 3.57. The molecule has 1 aromatic carbocycles. The SMILES string of the molecule is CCOC(=S)SCC(=O)Nc1nc(-c2ccc(OC)cc2)c(C)s1. The van der Waals surface area contributed by atoms with Gasteiger partial charge in [-0.25, -0.2) is 4.98 Å². The van der Waals surface area contributed by atoms with Crippen molar-refractivity contribution in [3.05, 3.63) is 29.1 Å². The molecule has 24 heavy (non-hydrogen) atoms. The van der Waals surface area contributed by atoms with Crippen LogP contribution in [0.2, 0.25) is 0 Å². The first-order valence-corrected chi connectivity index (χ1v) is 9.45. The number of anilines is 1. The zero-order valence-electron chi connectivity index (χ0n) is 13.6. The molecule has 0 radical (unpaired) electrons. The van der Waals surface area contributed by atoms with E-state index in [1.54, 1.807) is 7.11 Å². The molecule has 0 unspecified atom stereocenters. The van der Waals surface area contributed by atoms with Crippen LogP contribution in [0.4, 0.5) is 5.13 Å². The van der Waals surface area contributed by atoms with E-state index in [1.165, 1.54) is 23.1 Å². The van der Waals surface area contributed by atoms with Gasteiger partial charge in [-0.1, -0.05) is 11.8 Å². The van der Waals surface area contributed by atoms with Crippen LogP contribution in [0, 0.1) is 6.92 Å². The van der Waals surface area contributed by atoms with Crippen LogP contribution < -0.4 is 10.1 Å². The minimum Gasteiger partial charge on any atom is -0.497 e. The highest BCUT2D eigenvalue weighted by Gasteiger charge is 2.13. The summed E-state index contributed by atoms with van der Waals surface area (Å²) in [6.45, 7) is 4.34. The van der Waals surface area contributed by atoms with Gasteiger partial charge < -0.3 is 14.8 Å². The lowest BCUT2D eigenvalue weighted by Gasteiger charge is -2.04. The van der Waals surface area contributed by atoms with Gasteiger partial charge in [-0.05, 0) is 50.3 Å². The van der Waals surface area contributed by atoms with E-state index in [-0.39, 0.29) is 11.7 Å². The van der Waals surface area contributed by atoms with Crippen molar-refractivity contribution in [2.24, 2.45) is 0 Å². The van der Waals surface area contributed by atoms with Gasteiger partial charge in [0.05, 0.1) is 25.2 Å². The highest BCUT2D eigenvalue weighted by molar-refractivity contribution is 8.23. The third-order valence-corrected chi connectivity index (χ3v) is 5.11. The van der Waals surface area contributed by atoms with Gasteiger partial charge in [-0.3, -0.25) is 4.79 Å². The molecule has 2 aromatic rings. The maximum absolute atomic E-state index is 12.0. The minimum atomic E-state index is -0.155. The number of ether oxygens (including phenoxy) is 2. The van der Waals surface area contributed by atoms with E-state index in [2.05, 4.69) is 10.3 Å². The zero-order valence-corrected chi connectivity index (χ0v) is 16.1. The molecule has 0 atom stereocenters. The Morgan fingerprint density at radius 3 is 2.71 bits per heavy atom. The predicted octanol–water partition coefficient (Wildman–Crippen LogP) is 4.12. The first-order valence-electron chi connectivity index (χ1n) is 7.24. The largest absolute Gasteiger partial charge is 0.497 e. The summed E-state index contributed by atoms with van der Waals surface area (Å²) in [5.41, 5.74) is 1.84. The number of thiazole rings is 1. The number of thiocarbonyl (C=S) groups is 1. The molecule has 5 nitrogen and oxygen atoms in total. The smallest absolute Gasteiger partial charge is 0.236 e. The Morgan fingerprint density at radius 2 is 2.08 bits per heavy atom. The van der Waals surface area contributed by atoms with E-state index in [4.69, 9.17) is 21.7 Å². The number of carbonyl (C=O) groups excluding carboxylic acids is 1. The molecule has 0 saturated carbocycles. The molecule has 8 heteroatoms. The molecular weight excluding hydrogens is 364 g/mol. The normalized spacial score (nSPS) is 10.3. The molecule has 0 saturated heterocycles. The number of carbonyl (C=O) groups is 1. The Labute approximate surface area is 154 Å². The topological polar surface area (TPSA) is 60.5 Å². The van der Waals surface area contributed by atoms with Gasteiger partial charge in [0.1, 0.15) is 5.75 Å². The van der Waals surface area contributed by atoms with Gasteiger partial charge in [-0.2, -0.15) is 0 Å². The molecule has 0 aliphatic carbocycles. The number of aryl methyl sites for hydroxylation is 1. The van der Waals surface area contributed by atoms with Gasteiger partial charge in [0.25, 0.3) is 0 Å². The molecule has 0 fully saturated rings. The molecule has 0 bridgehead atoms. The first kappa shape index (κ1) is 18.7.